The third-order valence-electron chi connectivity index (χ3n) is 3.53. The lowest BCUT2D eigenvalue weighted by molar-refractivity contribution is 0.0784. The van der Waals surface area contributed by atoms with Gasteiger partial charge in [0, 0.05) is 23.9 Å². The number of nitrogens with two attached hydrogens (primary N) is 1. The lowest BCUT2D eigenvalue weighted by atomic mass is 10.1. The van der Waals surface area contributed by atoms with Crippen molar-refractivity contribution < 1.29 is 9.32 Å². The largest absolute Gasteiger partial charge is 0.398 e. The molecular weight excluding hydrogens is 254 g/mol. The Morgan fingerprint density at radius 2 is 2.05 bits per heavy atom. The second-order valence-electron chi connectivity index (χ2n) is 4.98. The monoisotopic (exact) mass is 273 g/mol. The van der Waals surface area contributed by atoms with Crippen LogP contribution in [0.2, 0.25) is 0 Å². The van der Waals surface area contributed by atoms with Crippen molar-refractivity contribution >= 4 is 11.6 Å². The average molecular weight is 273 g/mol. The van der Waals surface area contributed by atoms with E-state index in [4.69, 9.17) is 10.3 Å². The lowest BCUT2D eigenvalue weighted by Gasteiger charge is -2.18. The van der Waals surface area contributed by atoms with Gasteiger partial charge in [-0.05, 0) is 38.5 Å². The summed E-state index contributed by atoms with van der Waals surface area (Å²) in [6.45, 7) is 6.04. The zero-order valence-corrected chi connectivity index (χ0v) is 12.2. The van der Waals surface area contributed by atoms with Crippen molar-refractivity contribution in [2.45, 2.75) is 27.3 Å². The van der Waals surface area contributed by atoms with Crippen LogP contribution in [0.25, 0.3) is 0 Å². The smallest absolute Gasteiger partial charge is 0.254 e. The van der Waals surface area contributed by atoms with Gasteiger partial charge in [0.15, 0.2) is 0 Å². The second kappa shape index (κ2) is 5.36. The number of carbonyl (C=O) groups excluding carboxylic acids is 1. The molecule has 0 spiro atoms. The molecule has 0 aliphatic rings. The number of nitrogens with zero attached hydrogens (tertiary/aromatic N) is 2. The minimum Gasteiger partial charge on any atom is -0.398 e. The van der Waals surface area contributed by atoms with Gasteiger partial charge in [0.2, 0.25) is 0 Å². The first kappa shape index (κ1) is 14.1. The van der Waals surface area contributed by atoms with Crippen LogP contribution in [0.5, 0.6) is 0 Å². The van der Waals surface area contributed by atoms with E-state index in [1.807, 2.05) is 20.8 Å². The quantitative estimate of drug-likeness (QED) is 0.872. The highest BCUT2D eigenvalue weighted by Crippen LogP contribution is 2.19. The van der Waals surface area contributed by atoms with E-state index in [0.29, 0.717) is 17.8 Å². The van der Waals surface area contributed by atoms with E-state index in [1.165, 1.54) is 0 Å². The number of rotatable bonds is 3. The maximum absolute atomic E-state index is 12.5. The van der Waals surface area contributed by atoms with Crippen molar-refractivity contribution in [2.75, 3.05) is 12.8 Å². The predicted octanol–water partition coefficient (Wildman–Crippen LogP) is 2.45. The summed E-state index contributed by atoms with van der Waals surface area (Å²) in [4.78, 5) is 14.1. The fourth-order valence-corrected chi connectivity index (χ4v) is 2.13. The summed E-state index contributed by atoms with van der Waals surface area (Å²) in [6, 6.07) is 5.37. The number of anilines is 1. The predicted molar refractivity (Wildman–Crippen MR) is 77.4 cm³/mol. The fourth-order valence-electron chi connectivity index (χ4n) is 2.13. The van der Waals surface area contributed by atoms with Crippen molar-refractivity contribution in [3.05, 3.63) is 46.3 Å². The summed E-state index contributed by atoms with van der Waals surface area (Å²) >= 11 is 0. The zero-order chi connectivity index (χ0) is 14.9. The van der Waals surface area contributed by atoms with Gasteiger partial charge in [-0.3, -0.25) is 4.79 Å². The summed E-state index contributed by atoms with van der Waals surface area (Å²) < 4.78 is 5.12. The van der Waals surface area contributed by atoms with Crippen molar-refractivity contribution in [1.82, 2.24) is 10.1 Å². The molecule has 2 aromatic rings. The molecule has 1 amide bonds. The molecule has 0 saturated heterocycles. The Morgan fingerprint density at radius 3 is 2.65 bits per heavy atom. The molecule has 20 heavy (non-hydrogen) atoms. The molecule has 106 valence electrons. The van der Waals surface area contributed by atoms with Gasteiger partial charge in [0.25, 0.3) is 5.91 Å². The van der Waals surface area contributed by atoms with Crippen LogP contribution in [0, 0.1) is 20.8 Å². The average Bonchev–Trinajstić information content (AvgIpc) is 2.73. The first-order valence-corrected chi connectivity index (χ1v) is 6.44. The molecule has 0 unspecified atom stereocenters. The molecule has 1 aromatic heterocycles. The van der Waals surface area contributed by atoms with Crippen LogP contribution in [-0.2, 0) is 6.54 Å². The SMILES string of the molecule is Cc1noc(C)c1CN(C)C(=O)c1cccc(N)c1C. The number of aromatic nitrogens is 1. The van der Waals surface area contributed by atoms with Gasteiger partial charge in [-0.2, -0.15) is 0 Å². The molecule has 2 rings (SSSR count). The summed E-state index contributed by atoms with van der Waals surface area (Å²) in [5.41, 5.74) is 9.66. The highest BCUT2D eigenvalue weighted by atomic mass is 16.5. The van der Waals surface area contributed by atoms with E-state index in [-0.39, 0.29) is 5.91 Å². The highest BCUT2D eigenvalue weighted by Gasteiger charge is 2.18. The third kappa shape index (κ3) is 2.52. The minimum atomic E-state index is -0.0604. The molecule has 5 nitrogen and oxygen atoms in total. The van der Waals surface area contributed by atoms with Crippen molar-refractivity contribution in [1.29, 1.82) is 0 Å². The van der Waals surface area contributed by atoms with E-state index in [1.54, 1.807) is 30.1 Å². The maximum Gasteiger partial charge on any atom is 0.254 e. The first-order valence-electron chi connectivity index (χ1n) is 6.44. The van der Waals surface area contributed by atoms with Gasteiger partial charge in [-0.15, -0.1) is 0 Å². The van der Waals surface area contributed by atoms with Gasteiger partial charge in [-0.25, -0.2) is 0 Å². The summed E-state index contributed by atoms with van der Waals surface area (Å²) in [6.07, 6.45) is 0. The molecule has 0 radical (unpaired) electrons. The van der Waals surface area contributed by atoms with Crippen LogP contribution in [0.15, 0.2) is 22.7 Å². The van der Waals surface area contributed by atoms with Crippen molar-refractivity contribution in [2.24, 2.45) is 0 Å². The van der Waals surface area contributed by atoms with Crippen LogP contribution < -0.4 is 5.73 Å². The second-order valence-corrected chi connectivity index (χ2v) is 4.98. The standard InChI is InChI=1S/C15H19N3O2/c1-9-12(6-5-7-14(9)16)15(19)18(4)8-13-10(2)17-20-11(13)3/h5-7H,8,16H2,1-4H3. The fraction of sp³-hybridized carbons (Fsp3) is 0.333. The number of hydrogen-bond acceptors (Lipinski definition) is 4. The normalized spacial score (nSPS) is 10.6. The Hall–Kier alpha value is -2.30. The molecular formula is C15H19N3O2. The molecule has 0 aliphatic carbocycles. The number of carbonyl (C=O) groups is 1. The molecule has 0 fully saturated rings. The third-order valence-corrected chi connectivity index (χ3v) is 3.53. The molecule has 0 aliphatic heterocycles. The van der Waals surface area contributed by atoms with Gasteiger partial charge < -0.3 is 15.2 Å². The van der Waals surface area contributed by atoms with Gasteiger partial charge in [0.05, 0.1) is 12.2 Å². The number of amides is 1. The Labute approximate surface area is 118 Å². The van der Waals surface area contributed by atoms with E-state index >= 15 is 0 Å². The van der Waals surface area contributed by atoms with Gasteiger partial charge in [-0.1, -0.05) is 11.2 Å². The van der Waals surface area contributed by atoms with Crippen LogP contribution >= 0.6 is 0 Å². The van der Waals surface area contributed by atoms with Gasteiger partial charge >= 0.3 is 0 Å². The van der Waals surface area contributed by atoms with E-state index < -0.39 is 0 Å². The number of aryl methyl sites for hydroxylation is 2. The topological polar surface area (TPSA) is 72.4 Å². The molecule has 1 aromatic carbocycles. The number of nitrogen functional groups attached to an aromatic ring is 1. The lowest BCUT2D eigenvalue weighted by Crippen LogP contribution is -2.27. The first-order chi connectivity index (χ1) is 9.41. The van der Waals surface area contributed by atoms with Crippen LogP contribution in [0.3, 0.4) is 0 Å². The molecule has 5 heteroatoms. The molecule has 0 saturated carbocycles. The van der Waals surface area contributed by atoms with Crippen LogP contribution in [0.1, 0.15) is 32.9 Å². The van der Waals surface area contributed by atoms with E-state index in [9.17, 15) is 4.79 Å². The summed E-state index contributed by atoms with van der Waals surface area (Å²) in [5, 5.41) is 3.90. The zero-order valence-electron chi connectivity index (χ0n) is 12.2. The van der Waals surface area contributed by atoms with Crippen molar-refractivity contribution in [3.63, 3.8) is 0 Å². The number of hydrogen-bond donors (Lipinski definition) is 1. The van der Waals surface area contributed by atoms with E-state index in [0.717, 1.165) is 22.6 Å². The van der Waals surface area contributed by atoms with Crippen LogP contribution in [0.4, 0.5) is 5.69 Å². The molecule has 0 atom stereocenters. The van der Waals surface area contributed by atoms with Crippen molar-refractivity contribution in [3.8, 4) is 0 Å². The Balaban J connectivity index is 2.23. The summed E-state index contributed by atoms with van der Waals surface area (Å²) in [7, 11) is 1.76. The van der Waals surface area contributed by atoms with Gasteiger partial charge in [0.1, 0.15) is 5.76 Å². The molecule has 2 N–H and O–H groups in total. The number of benzene rings is 1. The Bertz CT molecular complexity index is 627. The molecule has 1 heterocycles. The minimum absolute atomic E-state index is 0.0604. The Kier molecular flexibility index (Phi) is 3.79. The summed E-state index contributed by atoms with van der Waals surface area (Å²) in [5.74, 6) is 0.682. The molecule has 0 bridgehead atoms. The Morgan fingerprint density at radius 1 is 1.35 bits per heavy atom. The maximum atomic E-state index is 12.5. The van der Waals surface area contributed by atoms with Crippen LogP contribution in [-0.4, -0.2) is 23.0 Å². The van der Waals surface area contributed by atoms with E-state index in [2.05, 4.69) is 5.16 Å². The highest BCUT2D eigenvalue weighted by molar-refractivity contribution is 5.96.